The van der Waals surface area contributed by atoms with Crippen molar-refractivity contribution in [1.29, 1.82) is 0 Å². The third-order valence-electron chi connectivity index (χ3n) is 4.40. The Morgan fingerprint density at radius 3 is 2.41 bits per heavy atom. The van der Waals surface area contributed by atoms with Crippen LogP contribution in [0, 0.1) is 0 Å². The molecule has 0 aliphatic heterocycles. The molecule has 0 bridgehead atoms. The summed E-state index contributed by atoms with van der Waals surface area (Å²) in [5, 5.41) is 7.67. The van der Waals surface area contributed by atoms with Gasteiger partial charge >= 0.3 is 0 Å². The Labute approximate surface area is 141 Å². The molecule has 0 unspecified atom stereocenters. The molecule has 2 aromatic rings. The number of aromatic nitrogens is 3. The van der Waals surface area contributed by atoms with Gasteiger partial charge in [0.1, 0.15) is 0 Å². The predicted molar refractivity (Wildman–Crippen MR) is 89.6 cm³/mol. The molecule has 0 saturated carbocycles. The summed E-state index contributed by atoms with van der Waals surface area (Å²) in [6.45, 7) is 0. The Kier molecular flexibility index (Phi) is 3.96. The van der Waals surface area contributed by atoms with E-state index in [1.807, 2.05) is 0 Å². The Morgan fingerprint density at radius 2 is 1.82 bits per heavy atom. The first-order valence-corrected chi connectivity index (χ1v) is 9.60. The molecule has 0 saturated heterocycles. The summed E-state index contributed by atoms with van der Waals surface area (Å²) in [6, 6.07) is 2.37. The lowest BCUT2D eigenvalue weighted by Gasteiger charge is -2.16. The molecule has 0 fully saturated rings. The van der Waals surface area contributed by atoms with E-state index in [9.17, 15) is 3.89 Å². The minimum absolute atomic E-state index is 0.0260. The van der Waals surface area contributed by atoms with Crippen LogP contribution in [0.5, 0.6) is 0 Å². The van der Waals surface area contributed by atoms with Gasteiger partial charge in [0.25, 0.3) is 0 Å². The molecule has 2 aliphatic rings. The van der Waals surface area contributed by atoms with E-state index in [0.29, 0.717) is 11.1 Å². The van der Waals surface area contributed by atoms with Crippen LogP contribution in [0.15, 0.2) is 11.2 Å². The van der Waals surface area contributed by atoms with Crippen molar-refractivity contribution in [2.45, 2.75) is 43.7 Å². The number of nitrogens with zero attached hydrogens (tertiary/aromatic N) is 3. The standard InChI is InChI=1S/C14H14ClFN4S2/c15-21-14-18-13(20(19-14)22-16)17-12-10-5-1-3-8(10)7-9-4-2-6-11(9)12/h7H,1-6H2,(H,17,18,19). The number of benzene rings is 1. The topological polar surface area (TPSA) is 42.7 Å². The highest BCUT2D eigenvalue weighted by molar-refractivity contribution is 8.21. The second kappa shape index (κ2) is 5.94. The van der Waals surface area contributed by atoms with Crippen LogP contribution in [0.25, 0.3) is 0 Å². The Hall–Kier alpha value is -0.920. The highest BCUT2D eigenvalue weighted by Crippen LogP contribution is 2.40. The number of fused-ring (bicyclic) bond motifs is 2. The van der Waals surface area contributed by atoms with E-state index in [0.717, 1.165) is 46.4 Å². The molecule has 1 aromatic heterocycles. The smallest absolute Gasteiger partial charge is 0.239 e. The average Bonchev–Trinajstić information content (AvgIpc) is 3.25. The van der Waals surface area contributed by atoms with E-state index >= 15 is 0 Å². The molecule has 1 N–H and O–H groups in total. The third-order valence-corrected chi connectivity index (χ3v) is 5.51. The van der Waals surface area contributed by atoms with E-state index in [1.165, 1.54) is 35.1 Å². The van der Waals surface area contributed by atoms with Gasteiger partial charge in [-0.15, -0.1) is 13.1 Å². The first kappa shape index (κ1) is 14.7. The summed E-state index contributed by atoms with van der Waals surface area (Å²) in [5.41, 5.74) is 6.69. The Bertz CT molecular complexity index is 702. The molecule has 0 spiro atoms. The van der Waals surface area contributed by atoms with Crippen molar-refractivity contribution in [2.75, 3.05) is 5.32 Å². The molecule has 0 radical (unpaired) electrons. The van der Waals surface area contributed by atoms with Crippen molar-refractivity contribution < 1.29 is 3.89 Å². The van der Waals surface area contributed by atoms with Gasteiger partial charge in [0.05, 0.1) is 0 Å². The van der Waals surface area contributed by atoms with Crippen molar-refractivity contribution >= 4 is 45.6 Å². The Morgan fingerprint density at radius 1 is 1.14 bits per heavy atom. The summed E-state index contributed by atoms with van der Waals surface area (Å²) in [6.07, 6.45) is 6.76. The fourth-order valence-electron chi connectivity index (χ4n) is 3.52. The van der Waals surface area contributed by atoms with Gasteiger partial charge in [-0.05, 0) is 71.5 Å². The lowest BCUT2D eigenvalue weighted by atomic mass is 9.99. The molecule has 0 atom stereocenters. The highest BCUT2D eigenvalue weighted by atomic mass is 35.7. The van der Waals surface area contributed by atoms with Crippen molar-refractivity contribution in [3.05, 3.63) is 28.3 Å². The third kappa shape index (κ3) is 2.39. The maximum Gasteiger partial charge on any atom is 0.239 e. The number of halogens is 2. The van der Waals surface area contributed by atoms with E-state index < -0.39 is 0 Å². The van der Waals surface area contributed by atoms with Crippen molar-refractivity contribution in [3.63, 3.8) is 0 Å². The minimum Gasteiger partial charge on any atom is -0.323 e. The van der Waals surface area contributed by atoms with Gasteiger partial charge < -0.3 is 5.32 Å². The van der Waals surface area contributed by atoms with Gasteiger partial charge in [-0.1, -0.05) is 6.07 Å². The van der Waals surface area contributed by atoms with Crippen LogP contribution < -0.4 is 5.32 Å². The van der Waals surface area contributed by atoms with E-state index in [1.54, 1.807) is 0 Å². The summed E-state index contributed by atoms with van der Waals surface area (Å²) in [7, 11) is 6.57. The number of hydrogen-bond donors (Lipinski definition) is 1. The van der Waals surface area contributed by atoms with Gasteiger partial charge in [-0.25, -0.2) is 0 Å². The molecule has 2 aliphatic carbocycles. The molecule has 116 valence electrons. The van der Waals surface area contributed by atoms with Gasteiger partial charge in [-0.2, -0.15) is 4.98 Å². The van der Waals surface area contributed by atoms with Gasteiger partial charge in [0, 0.05) is 16.7 Å². The van der Waals surface area contributed by atoms with Gasteiger partial charge in [0.2, 0.25) is 11.1 Å². The minimum atomic E-state index is 0.0260. The van der Waals surface area contributed by atoms with Crippen molar-refractivity contribution in [2.24, 2.45) is 0 Å². The molecule has 8 heteroatoms. The maximum absolute atomic E-state index is 13.1. The van der Waals surface area contributed by atoms with Crippen LogP contribution in [-0.2, 0) is 25.7 Å². The molecule has 1 aromatic carbocycles. The van der Waals surface area contributed by atoms with E-state index in [-0.39, 0.29) is 12.3 Å². The summed E-state index contributed by atoms with van der Waals surface area (Å²) in [4.78, 5) is 4.26. The van der Waals surface area contributed by atoms with Crippen LogP contribution in [-0.4, -0.2) is 14.2 Å². The first-order valence-electron chi connectivity index (χ1n) is 7.28. The molecular formula is C14H14ClFN4S2. The molecular weight excluding hydrogens is 343 g/mol. The molecule has 1 heterocycles. The number of anilines is 2. The number of aryl methyl sites for hydroxylation is 2. The molecule has 22 heavy (non-hydrogen) atoms. The van der Waals surface area contributed by atoms with Crippen LogP contribution >= 0.6 is 34.0 Å². The lowest BCUT2D eigenvalue weighted by Crippen LogP contribution is -2.05. The average molecular weight is 357 g/mol. The summed E-state index contributed by atoms with van der Waals surface area (Å²) >= 11 is 0.0260. The zero-order chi connectivity index (χ0) is 15.1. The van der Waals surface area contributed by atoms with E-state index in [4.69, 9.17) is 10.7 Å². The fraction of sp³-hybridized carbons (Fsp3) is 0.429. The molecule has 0 amide bonds. The number of hydrogen-bond acceptors (Lipinski definition) is 5. The van der Waals surface area contributed by atoms with E-state index in [2.05, 4.69) is 21.5 Å². The first-order chi connectivity index (χ1) is 10.8. The van der Waals surface area contributed by atoms with Crippen molar-refractivity contribution in [1.82, 2.24) is 14.2 Å². The Balaban J connectivity index is 1.79. The number of nitrogens with one attached hydrogen (secondary N) is 1. The van der Waals surface area contributed by atoms with Crippen molar-refractivity contribution in [3.8, 4) is 0 Å². The lowest BCUT2D eigenvalue weighted by molar-refractivity contribution is 0.858. The second-order valence-corrected chi connectivity index (χ2v) is 7.06. The van der Waals surface area contributed by atoms with Crippen LogP contribution in [0.2, 0.25) is 0 Å². The monoisotopic (exact) mass is 356 g/mol. The van der Waals surface area contributed by atoms with Crippen LogP contribution in [0.1, 0.15) is 35.1 Å². The molecule has 4 nitrogen and oxygen atoms in total. The van der Waals surface area contributed by atoms with Gasteiger partial charge in [0.15, 0.2) is 12.3 Å². The zero-order valence-electron chi connectivity index (χ0n) is 11.7. The molecule has 4 rings (SSSR count). The summed E-state index contributed by atoms with van der Waals surface area (Å²) in [5.74, 6) is 0.394. The number of rotatable bonds is 4. The predicted octanol–water partition coefficient (Wildman–Crippen LogP) is 4.63. The maximum atomic E-state index is 13.1. The quantitative estimate of drug-likeness (QED) is 0.865. The van der Waals surface area contributed by atoms with Crippen LogP contribution in [0.4, 0.5) is 15.5 Å². The fourth-order valence-corrected chi connectivity index (χ4v) is 4.26. The largest absolute Gasteiger partial charge is 0.323 e. The zero-order valence-corrected chi connectivity index (χ0v) is 14.1. The summed E-state index contributed by atoms with van der Waals surface area (Å²) < 4.78 is 14.2. The van der Waals surface area contributed by atoms with Crippen LogP contribution in [0.3, 0.4) is 0 Å². The van der Waals surface area contributed by atoms with Gasteiger partial charge in [-0.3, -0.25) is 0 Å². The normalized spacial score (nSPS) is 15.9. The SMILES string of the molecule is FSn1nc(SCl)nc1Nc1c2c(cc3c1CCC3)CCC2. The second-order valence-electron chi connectivity index (χ2n) is 5.60. The highest BCUT2D eigenvalue weighted by Gasteiger charge is 2.25.